The maximum atomic E-state index is 8.91. The van der Waals surface area contributed by atoms with Gasteiger partial charge in [0.1, 0.15) is 6.10 Å². The average Bonchev–Trinajstić information content (AvgIpc) is 2.53. The molecule has 2 aromatic carbocycles. The van der Waals surface area contributed by atoms with Crippen LogP contribution in [0.25, 0.3) is 0 Å². The SMILES string of the molecule is COc1cc(C#N)ccc1OC(CN)c1ccc(C)cc1. The van der Waals surface area contributed by atoms with Crippen molar-refractivity contribution < 1.29 is 9.47 Å². The lowest BCUT2D eigenvalue weighted by Crippen LogP contribution is -2.18. The molecular formula is C17H18N2O2. The summed E-state index contributed by atoms with van der Waals surface area (Å²) in [6, 6.07) is 15.2. The highest BCUT2D eigenvalue weighted by Gasteiger charge is 2.14. The van der Waals surface area contributed by atoms with Gasteiger partial charge in [-0.1, -0.05) is 29.8 Å². The number of nitrogens with zero attached hydrogens (tertiary/aromatic N) is 1. The standard InChI is InChI=1S/C17H18N2O2/c1-12-3-6-14(7-4-12)17(11-19)21-15-8-5-13(10-18)9-16(15)20-2/h3-9,17H,11,19H2,1-2H3. The van der Waals surface area contributed by atoms with E-state index in [9.17, 15) is 0 Å². The number of nitrogens with two attached hydrogens (primary N) is 1. The summed E-state index contributed by atoms with van der Waals surface area (Å²) < 4.78 is 11.2. The van der Waals surface area contributed by atoms with E-state index in [1.54, 1.807) is 25.3 Å². The van der Waals surface area contributed by atoms with Crippen molar-refractivity contribution in [1.82, 2.24) is 0 Å². The molecule has 0 saturated carbocycles. The van der Waals surface area contributed by atoms with Crippen molar-refractivity contribution in [2.45, 2.75) is 13.0 Å². The number of ether oxygens (including phenoxy) is 2. The van der Waals surface area contributed by atoms with E-state index in [1.165, 1.54) is 5.56 Å². The number of hydrogen-bond acceptors (Lipinski definition) is 4. The zero-order chi connectivity index (χ0) is 15.2. The number of benzene rings is 2. The van der Waals surface area contributed by atoms with Gasteiger partial charge < -0.3 is 15.2 Å². The third-order valence-electron chi connectivity index (χ3n) is 3.23. The van der Waals surface area contributed by atoms with Gasteiger partial charge in [0.2, 0.25) is 0 Å². The summed E-state index contributed by atoms with van der Waals surface area (Å²) in [4.78, 5) is 0. The van der Waals surface area contributed by atoms with E-state index in [0.29, 0.717) is 23.6 Å². The number of rotatable bonds is 5. The molecule has 1 unspecified atom stereocenters. The van der Waals surface area contributed by atoms with Gasteiger partial charge in [-0.15, -0.1) is 0 Å². The average molecular weight is 282 g/mol. The largest absolute Gasteiger partial charge is 0.493 e. The van der Waals surface area contributed by atoms with Gasteiger partial charge in [0.25, 0.3) is 0 Å². The molecule has 0 bridgehead atoms. The van der Waals surface area contributed by atoms with Crippen molar-refractivity contribution in [3.05, 3.63) is 59.2 Å². The smallest absolute Gasteiger partial charge is 0.162 e. The van der Waals surface area contributed by atoms with E-state index >= 15 is 0 Å². The third kappa shape index (κ3) is 3.53. The van der Waals surface area contributed by atoms with Crippen LogP contribution in [0, 0.1) is 18.3 Å². The number of hydrogen-bond donors (Lipinski definition) is 1. The Balaban J connectivity index is 2.26. The van der Waals surface area contributed by atoms with E-state index in [-0.39, 0.29) is 6.10 Å². The van der Waals surface area contributed by atoms with Crippen LogP contribution in [0.2, 0.25) is 0 Å². The normalized spacial score (nSPS) is 11.5. The first kappa shape index (κ1) is 14.9. The minimum Gasteiger partial charge on any atom is -0.493 e. The first-order valence-corrected chi connectivity index (χ1v) is 6.69. The fraction of sp³-hybridized carbons (Fsp3) is 0.235. The van der Waals surface area contributed by atoms with Crippen LogP contribution in [-0.2, 0) is 0 Å². The van der Waals surface area contributed by atoms with Crippen LogP contribution < -0.4 is 15.2 Å². The lowest BCUT2D eigenvalue weighted by molar-refractivity contribution is 0.204. The molecule has 0 saturated heterocycles. The van der Waals surface area contributed by atoms with Gasteiger partial charge in [-0.2, -0.15) is 5.26 Å². The number of aryl methyl sites for hydroxylation is 1. The minimum absolute atomic E-state index is 0.257. The molecule has 0 aliphatic heterocycles. The van der Waals surface area contributed by atoms with Crippen LogP contribution in [0.1, 0.15) is 22.8 Å². The second-order valence-electron chi connectivity index (χ2n) is 4.73. The number of nitriles is 1. The maximum Gasteiger partial charge on any atom is 0.162 e. The Morgan fingerprint density at radius 1 is 1.14 bits per heavy atom. The van der Waals surface area contributed by atoms with Gasteiger partial charge in [0.05, 0.1) is 18.7 Å². The van der Waals surface area contributed by atoms with E-state index in [0.717, 1.165) is 5.56 Å². The van der Waals surface area contributed by atoms with Crippen LogP contribution in [0.4, 0.5) is 0 Å². The highest BCUT2D eigenvalue weighted by atomic mass is 16.5. The maximum absolute atomic E-state index is 8.91. The van der Waals surface area contributed by atoms with E-state index in [2.05, 4.69) is 6.07 Å². The Bertz CT molecular complexity index is 645. The first-order chi connectivity index (χ1) is 10.2. The molecule has 2 aromatic rings. The molecule has 0 aliphatic carbocycles. The van der Waals surface area contributed by atoms with Gasteiger partial charge in [-0.25, -0.2) is 0 Å². The highest BCUT2D eigenvalue weighted by Crippen LogP contribution is 2.31. The molecule has 0 fully saturated rings. The van der Waals surface area contributed by atoms with Crippen LogP contribution >= 0.6 is 0 Å². The quantitative estimate of drug-likeness (QED) is 0.915. The van der Waals surface area contributed by atoms with Crippen molar-refractivity contribution in [3.63, 3.8) is 0 Å². The fourth-order valence-corrected chi connectivity index (χ4v) is 2.02. The lowest BCUT2D eigenvalue weighted by atomic mass is 10.1. The zero-order valence-electron chi connectivity index (χ0n) is 12.2. The third-order valence-corrected chi connectivity index (χ3v) is 3.23. The van der Waals surface area contributed by atoms with Crippen molar-refractivity contribution in [2.75, 3.05) is 13.7 Å². The molecule has 0 heterocycles. The summed E-state index contributed by atoms with van der Waals surface area (Å²) >= 11 is 0. The molecule has 0 radical (unpaired) electrons. The molecule has 0 aromatic heterocycles. The van der Waals surface area contributed by atoms with E-state index < -0.39 is 0 Å². The molecule has 4 heteroatoms. The lowest BCUT2D eigenvalue weighted by Gasteiger charge is -2.19. The Labute approximate surface area is 124 Å². The van der Waals surface area contributed by atoms with Gasteiger partial charge in [-0.3, -0.25) is 0 Å². The second-order valence-corrected chi connectivity index (χ2v) is 4.73. The summed E-state index contributed by atoms with van der Waals surface area (Å²) in [5.41, 5.74) is 8.54. The van der Waals surface area contributed by atoms with Crippen LogP contribution in [-0.4, -0.2) is 13.7 Å². The summed E-state index contributed by atoms with van der Waals surface area (Å²) in [7, 11) is 1.55. The summed E-state index contributed by atoms with van der Waals surface area (Å²) in [5, 5.41) is 8.91. The fourth-order valence-electron chi connectivity index (χ4n) is 2.02. The van der Waals surface area contributed by atoms with Gasteiger partial charge in [0.15, 0.2) is 11.5 Å². The molecule has 2 rings (SSSR count). The second kappa shape index (κ2) is 6.78. The van der Waals surface area contributed by atoms with Gasteiger partial charge in [-0.05, 0) is 24.6 Å². The zero-order valence-corrected chi connectivity index (χ0v) is 12.2. The highest BCUT2D eigenvalue weighted by molar-refractivity contribution is 5.47. The van der Waals surface area contributed by atoms with Gasteiger partial charge >= 0.3 is 0 Å². The summed E-state index contributed by atoms with van der Waals surface area (Å²) in [5.74, 6) is 1.10. The van der Waals surface area contributed by atoms with E-state index in [1.807, 2.05) is 31.2 Å². The topological polar surface area (TPSA) is 68.3 Å². The van der Waals surface area contributed by atoms with Crippen LogP contribution in [0.3, 0.4) is 0 Å². The predicted octanol–water partition coefficient (Wildman–Crippen LogP) is 2.95. The molecule has 0 amide bonds. The molecule has 108 valence electrons. The Morgan fingerprint density at radius 3 is 2.43 bits per heavy atom. The Kier molecular flexibility index (Phi) is 4.81. The van der Waals surface area contributed by atoms with Gasteiger partial charge in [0, 0.05) is 12.6 Å². The Morgan fingerprint density at radius 2 is 1.86 bits per heavy atom. The minimum atomic E-state index is -0.257. The first-order valence-electron chi connectivity index (χ1n) is 6.69. The summed E-state index contributed by atoms with van der Waals surface area (Å²) in [6.07, 6.45) is -0.257. The molecule has 1 atom stereocenters. The molecule has 21 heavy (non-hydrogen) atoms. The van der Waals surface area contributed by atoms with Crippen molar-refractivity contribution in [3.8, 4) is 17.6 Å². The van der Waals surface area contributed by atoms with Crippen molar-refractivity contribution in [2.24, 2.45) is 5.73 Å². The van der Waals surface area contributed by atoms with Crippen molar-refractivity contribution in [1.29, 1.82) is 5.26 Å². The van der Waals surface area contributed by atoms with E-state index in [4.69, 9.17) is 20.5 Å². The monoisotopic (exact) mass is 282 g/mol. The molecule has 0 spiro atoms. The predicted molar refractivity (Wildman–Crippen MR) is 81.3 cm³/mol. The molecule has 4 nitrogen and oxygen atoms in total. The van der Waals surface area contributed by atoms with Crippen LogP contribution in [0.15, 0.2) is 42.5 Å². The summed E-state index contributed by atoms with van der Waals surface area (Å²) in [6.45, 7) is 2.39. The molecular weight excluding hydrogens is 264 g/mol. The van der Waals surface area contributed by atoms with Crippen molar-refractivity contribution >= 4 is 0 Å². The molecule has 2 N–H and O–H groups in total. The Hall–Kier alpha value is -2.51. The number of methoxy groups -OCH3 is 1. The van der Waals surface area contributed by atoms with Crippen LogP contribution in [0.5, 0.6) is 11.5 Å². The molecule has 0 aliphatic rings.